The number of nitrogens with one attached hydrogen (secondary N) is 2. The number of hydrogen-bond acceptors (Lipinski definition) is 4. The molecule has 0 bridgehead atoms. The van der Waals surface area contributed by atoms with Crippen LogP contribution in [0.4, 0.5) is 4.79 Å². The fourth-order valence-corrected chi connectivity index (χ4v) is 2.38. The number of likely N-dealkylation sites (tertiary alicyclic amines) is 1. The number of H-pyrrole nitrogens is 1. The first-order chi connectivity index (χ1) is 9.77. The van der Waals surface area contributed by atoms with Crippen molar-refractivity contribution in [2.45, 2.75) is 58.2 Å². The minimum absolute atomic E-state index is 0.0453. The molecule has 0 saturated carbocycles. The van der Waals surface area contributed by atoms with Gasteiger partial charge < -0.3 is 19.9 Å². The van der Waals surface area contributed by atoms with Crippen LogP contribution in [0.2, 0.25) is 0 Å². The number of carbonyl (C=O) groups excluding carboxylic acids is 1. The molecule has 2 N–H and O–H groups in total. The number of hydrogen-bond donors (Lipinski definition) is 2. The summed E-state index contributed by atoms with van der Waals surface area (Å²) in [7, 11) is 0. The second-order valence-corrected chi connectivity index (χ2v) is 6.96. The summed E-state index contributed by atoms with van der Waals surface area (Å²) in [5.41, 5.74) is 0.686. The molecule has 21 heavy (non-hydrogen) atoms. The molecule has 1 fully saturated rings. The second-order valence-electron chi connectivity index (χ2n) is 6.96. The molecule has 0 radical (unpaired) electrons. The van der Waals surface area contributed by atoms with Crippen LogP contribution < -0.4 is 5.32 Å². The number of aromatic amines is 1. The van der Waals surface area contributed by atoms with Gasteiger partial charge in [-0.3, -0.25) is 0 Å². The number of rotatable bonds is 3. The Labute approximate surface area is 126 Å². The van der Waals surface area contributed by atoms with Gasteiger partial charge in [-0.05, 0) is 40.5 Å². The lowest BCUT2D eigenvalue weighted by atomic mass is 9.89. The average Bonchev–Trinajstić information content (AvgIpc) is 2.88. The number of carbonyl (C=O) groups is 1. The van der Waals surface area contributed by atoms with Crippen molar-refractivity contribution >= 4 is 6.09 Å². The molecule has 6 nitrogen and oxygen atoms in total. The van der Waals surface area contributed by atoms with Crippen molar-refractivity contribution in [1.29, 1.82) is 0 Å². The van der Waals surface area contributed by atoms with Crippen LogP contribution in [0, 0.1) is 0 Å². The zero-order chi connectivity index (χ0) is 15.5. The molecule has 1 aromatic rings. The largest absolute Gasteiger partial charge is 0.444 e. The second kappa shape index (κ2) is 6.05. The lowest BCUT2D eigenvalue weighted by Crippen LogP contribution is -2.53. The quantitative estimate of drug-likeness (QED) is 0.897. The van der Waals surface area contributed by atoms with E-state index in [2.05, 4.69) is 22.2 Å². The van der Waals surface area contributed by atoms with E-state index in [-0.39, 0.29) is 11.6 Å². The Morgan fingerprint density at radius 3 is 2.67 bits per heavy atom. The standard InChI is InChI=1S/C15H26N4O2/c1-14(2,3)21-13(20)19-7-5-15(4,6-8-19)18-10-12-9-16-11-17-12/h9,11,18H,5-8,10H2,1-4H3,(H,16,17). The summed E-state index contributed by atoms with van der Waals surface area (Å²) < 4.78 is 5.42. The molecule has 1 aliphatic rings. The van der Waals surface area contributed by atoms with Gasteiger partial charge in [-0.1, -0.05) is 0 Å². The smallest absolute Gasteiger partial charge is 0.410 e. The first kappa shape index (κ1) is 15.8. The lowest BCUT2D eigenvalue weighted by molar-refractivity contribution is 0.0156. The molecular formula is C15H26N4O2. The van der Waals surface area contributed by atoms with E-state index in [1.54, 1.807) is 11.2 Å². The minimum Gasteiger partial charge on any atom is -0.444 e. The van der Waals surface area contributed by atoms with E-state index in [9.17, 15) is 4.79 Å². The molecule has 0 aliphatic carbocycles. The Hall–Kier alpha value is -1.56. The zero-order valence-electron chi connectivity index (χ0n) is 13.4. The summed E-state index contributed by atoms with van der Waals surface area (Å²) in [5.74, 6) is 0. The van der Waals surface area contributed by atoms with Crippen LogP contribution >= 0.6 is 0 Å². The summed E-state index contributed by atoms with van der Waals surface area (Å²) in [5, 5.41) is 3.56. The average molecular weight is 294 g/mol. The number of imidazole rings is 1. The monoisotopic (exact) mass is 294 g/mol. The van der Waals surface area contributed by atoms with E-state index in [1.807, 2.05) is 27.0 Å². The molecule has 0 unspecified atom stereocenters. The number of piperidine rings is 1. The van der Waals surface area contributed by atoms with Gasteiger partial charge in [0, 0.05) is 37.1 Å². The van der Waals surface area contributed by atoms with E-state index < -0.39 is 5.60 Å². The normalized spacial score (nSPS) is 18.6. The molecular weight excluding hydrogens is 268 g/mol. The first-order valence-corrected chi connectivity index (χ1v) is 7.48. The predicted octanol–water partition coefficient (Wildman–Crippen LogP) is 2.29. The Morgan fingerprint density at radius 2 is 2.14 bits per heavy atom. The van der Waals surface area contributed by atoms with Crippen LogP contribution in [0.3, 0.4) is 0 Å². The van der Waals surface area contributed by atoms with E-state index in [0.29, 0.717) is 0 Å². The highest BCUT2D eigenvalue weighted by Crippen LogP contribution is 2.23. The number of ether oxygens (including phenoxy) is 1. The summed E-state index contributed by atoms with van der Waals surface area (Å²) >= 11 is 0. The van der Waals surface area contributed by atoms with Gasteiger partial charge in [0.2, 0.25) is 0 Å². The topological polar surface area (TPSA) is 70.2 Å². The number of nitrogens with zero attached hydrogens (tertiary/aromatic N) is 2. The molecule has 1 aliphatic heterocycles. The highest BCUT2D eigenvalue weighted by atomic mass is 16.6. The highest BCUT2D eigenvalue weighted by molar-refractivity contribution is 5.68. The summed E-state index contributed by atoms with van der Waals surface area (Å²) in [6, 6.07) is 0. The van der Waals surface area contributed by atoms with Gasteiger partial charge in [0.15, 0.2) is 0 Å². The highest BCUT2D eigenvalue weighted by Gasteiger charge is 2.33. The van der Waals surface area contributed by atoms with Gasteiger partial charge in [-0.15, -0.1) is 0 Å². The minimum atomic E-state index is -0.434. The maximum absolute atomic E-state index is 12.0. The van der Waals surface area contributed by atoms with Crippen LogP contribution in [0.5, 0.6) is 0 Å². The van der Waals surface area contributed by atoms with E-state index in [1.165, 1.54) is 0 Å². The SMILES string of the molecule is CC1(NCc2cnc[nH]2)CCN(C(=O)OC(C)(C)C)CC1. The van der Waals surface area contributed by atoms with Crippen molar-refractivity contribution < 1.29 is 9.53 Å². The van der Waals surface area contributed by atoms with Gasteiger partial charge in [-0.25, -0.2) is 9.78 Å². The van der Waals surface area contributed by atoms with Crippen LogP contribution in [-0.2, 0) is 11.3 Å². The van der Waals surface area contributed by atoms with Gasteiger partial charge >= 0.3 is 6.09 Å². The zero-order valence-corrected chi connectivity index (χ0v) is 13.4. The van der Waals surface area contributed by atoms with Crippen LogP contribution in [0.15, 0.2) is 12.5 Å². The Balaban J connectivity index is 1.80. The first-order valence-electron chi connectivity index (χ1n) is 7.48. The fraction of sp³-hybridized carbons (Fsp3) is 0.733. The fourth-order valence-electron chi connectivity index (χ4n) is 2.38. The maximum Gasteiger partial charge on any atom is 0.410 e. The summed E-state index contributed by atoms with van der Waals surface area (Å²) in [4.78, 5) is 20.9. The molecule has 1 amide bonds. The predicted molar refractivity (Wildman–Crippen MR) is 80.9 cm³/mol. The Bertz CT molecular complexity index is 457. The Kier molecular flexibility index (Phi) is 4.56. The number of amides is 1. The maximum atomic E-state index is 12.0. The van der Waals surface area contributed by atoms with E-state index >= 15 is 0 Å². The molecule has 1 aromatic heterocycles. The third-order valence-electron chi connectivity index (χ3n) is 3.78. The lowest BCUT2D eigenvalue weighted by Gasteiger charge is -2.40. The van der Waals surface area contributed by atoms with Crippen molar-refractivity contribution in [2.24, 2.45) is 0 Å². The van der Waals surface area contributed by atoms with Crippen LogP contribution in [-0.4, -0.2) is 45.2 Å². The van der Waals surface area contributed by atoms with E-state index in [4.69, 9.17) is 4.74 Å². The van der Waals surface area contributed by atoms with Crippen LogP contribution in [0.1, 0.15) is 46.2 Å². The molecule has 0 aromatic carbocycles. The van der Waals surface area contributed by atoms with Crippen molar-refractivity contribution in [3.8, 4) is 0 Å². The third kappa shape index (κ3) is 4.74. The van der Waals surface area contributed by atoms with Crippen molar-refractivity contribution in [1.82, 2.24) is 20.2 Å². The number of aromatic nitrogens is 2. The molecule has 118 valence electrons. The summed E-state index contributed by atoms with van der Waals surface area (Å²) in [6.07, 6.45) is 5.13. The Morgan fingerprint density at radius 1 is 1.48 bits per heavy atom. The van der Waals surface area contributed by atoms with Crippen LogP contribution in [0.25, 0.3) is 0 Å². The van der Waals surface area contributed by atoms with Gasteiger partial charge in [0.05, 0.1) is 6.33 Å². The van der Waals surface area contributed by atoms with Gasteiger partial charge in [0.1, 0.15) is 5.60 Å². The summed E-state index contributed by atoms with van der Waals surface area (Å²) in [6.45, 7) is 10.1. The van der Waals surface area contributed by atoms with Gasteiger partial charge in [-0.2, -0.15) is 0 Å². The molecule has 0 spiro atoms. The van der Waals surface area contributed by atoms with Crippen molar-refractivity contribution in [3.63, 3.8) is 0 Å². The molecule has 0 atom stereocenters. The molecule has 1 saturated heterocycles. The van der Waals surface area contributed by atoms with Crippen molar-refractivity contribution in [3.05, 3.63) is 18.2 Å². The molecule has 2 rings (SSSR count). The third-order valence-corrected chi connectivity index (χ3v) is 3.78. The van der Waals surface area contributed by atoms with E-state index in [0.717, 1.165) is 38.2 Å². The molecule has 2 heterocycles. The molecule has 6 heteroatoms. The van der Waals surface area contributed by atoms with Gasteiger partial charge in [0.25, 0.3) is 0 Å². The van der Waals surface area contributed by atoms with Crippen molar-refractivity contribution in [2.75, 3.05) is 13.1 Å².